The predicted molar refractivity (Wildman–Crippen MR) is 219 cm³/mol. The summed E-state index contributed by atoms with van der Waals surface area (Å²) in [5.74, 6) is 1.07. The molecule has 52 heavy (non-hydrogen) atoms. The molecule has 0 unspecified atom stereocenters. The van der Waals surface area contributed by atoms with Crippen molar-refractivity contribution < 1.29 is 4.42 Å². The van der Waals surface area contributed by atoms with Crippen LogP contribution >= 0.6 is 0 Å². The van der Waals surface area contributed by atoms with E-state index in [-0.39, 0.29) is 0 Å². The van der Waals surface area contributed by atoms with Gasteiger partial charge in [0.2, 0.25) is 0 Å². The first-order valence-electron chi connectivity index (χ1n) is 17.4. The van der Waals surface area contributed by atoms with Crippen LogP contribution < -0.4 is 0 Å². The molecule has 8 aromatic carbocycles. The summed E-state index contributed by atoms with van der Waals surface area (Å²) in [6.07, 6.45) is 0. The lowest BCUT2D eigenvalue weighted by molar-refractivity contribution is 0.669. The lowest BCUT2D eigenvalue weighted by Gasteiger charge is -2.13. The van der Waals surface area contributed by atoms with E-state index in [1.807, 2.05) is 42.5 Å². The summed E-state index contributed by atoms with van der Waals surface area (Å²) >= 11 is 0. The van der Waals surface area contributed by atoms with Crippen molar-refractivity contribution >= 4 is 61.9 Å². The Morgan fingerprint density at radius 1 is 0.481 bits per heavy atom. The summed E-state index contributed by atoms with van der Waals surface area (Å²) in [6, 6.07) is 60.9. The molecule has 0 aliphatic heterocycles. The van der Waals surface area contributed by atoms with Crippen LogP contribution in [0.2, 0.25) is 0 Å². The molecular weight excluding hydrogens is 635 g/mol. The molecule has 1 aromatic heterocycles. The van der Waals surface area contributed by atoms with Gasteiger partial charge in [-0.1, -0.05) is 146 Å². The summed E-state index contributed by atoms with van der Waals surface area (Å²) < 4.78 is 6.50. The number of aliphatic imine (C=N–C) groups is 3. The van der Waals surface area contributed by atoms with Gasteiger partial charge < -0.3 is 4.42 Å². The number of rotatable bonds is 6. The van der Waals surface area contributed by atoms with Gasteiger partial charge in [-0.3, -0.25) is 4.99 Å². The molecule has 1 heterocycles. The van der Waals surface area contributed by atoms with E-state index < -0.39 is 0 Å². The quantitative estimate of drug-likeness (QED) is 0.129. The zero-order valence-corrected chi connectivity index (χ0v) is 28.4. The smallest absolute Gasteiger partial charge is 0.161 e. The van der Waals surface area contributed by atoms with Gasteiger partial charge in [0, 0.05) is 21.9 Å². The Morgan fingerprint density at radius 3 is 2.02 bits per heavy atom. The first kappa shape index (κ1) is 31.1. The van der Waals surface area contributed by atoms with Gasteiger partial charge in [0.1, 0.15) is 11.2 Å². The lowest BCUT2D eigenvalue weighted by Crippen LogP contribution is -2.07. The Labute approximate surface area is 301 Å². The standard InChI is InChI=1S/C48H33N3O/c1-49-47(43-21-12-22-44-46(43)42-26-25-37(30-45(42)52-44)36-24-23-33-15-8-9-18-35(33)29-36)51-48(50-31-32-13-4-2-5-14-32)41-28-27-38(34-16-6-3-7-17-34)39-19-10-11-20-40(39)41/h2-30H,1,31H2/b50-48-,51-47-. The molecule has 0 N–H and O–H groups in total. The fraction of sp³-hybridized carbons (Fsp3) is 0.0208. The van der Waals surface area contributed by atoms with Gasteiger partial charge in [0.05, 0.1) is 6.54 Å². The monoisotopic (exact) mass is 667 g/mol. The summed E-state index contributed by atoms with van der Waals surface area (Å²) in [4.78, 5) is 14.9. The molecule has 4 nitrogen and oxygen atoms in total. The molecule has 9 aromatic rings. The summed E-state index contributed by atoms with van der Waals surface area (Å²) in [5.41, 5.74) is 8.98. The number of furan rings is 1. The van der Waals surface area contributed by atoms with Gasteiger partial charge in [0.15, 0.2) is 11.7 Å². The van der Waals surface area contributed by atoms with Crippen LogP contribution in [0.15, 0.2) is 195 Å². The number of amidine groups is 2. The van der Waals surface area contributed by atoms with Crippen molar-refractivity contribution in [3.63, 3.8) is 0 Å². The maximum Gasteiger partial charge on any atom is 0.161 e. The normalized spacial score (nSPS) is 12.2. The Hall–Kier alpha value is -6.91. The van der Waals surface area contributed by atoms with E-state index in [1.54, 1.807) is 0 Å². The van der Waals surface area contributed by atoms with E-state index in [2.05, 4.69) is 145 Å². The fourth-order valence-corrected chi connectivity index (χ4v) is 7.14. The predicted octanol–water partition coefficient (Wildman–Crippen LogP) is 12.3. The van der Waals surface area contributed by atoms with Crippen LogP contribution in [0.4, 0.5) is 0 Å². The Kier molecular flexibility index (Phi) is 8.03. The molecule has 0 aliphatic rings. The highest BCUT2D eigenvalue weighted by Gasteiger charge is 2.18. The van der Waals surface area contributed by atoms with Crippen LogP contribution in [0.1, 0.15) is 16.7 Å². The minimum absolute atomic E-state index is 0.468. The topological polar surface area (TPSA) is 50.2 Å². The maximum atomic E-state index is 6.50. The molecule has 0 aliphatic carbocycles. The third-order valence-electron chi connectivity index (χ3n) is 9.69. The lowest BCUT2D eigenvalue weighted by atomic mass is 9.94. The molecule has 0 saturated carbocycles. The van der Waals surface area contributed by atoms with Crippen molar-refractivity contribution in [3.8, 4) is 22.3 Å². The van der Waals surface area contributed by atoms with Crippen molar-refractivity contribution in [2.24, 2.45) is 15.0 Å². The van der Waals surface area contributed by atoms with E-state index in [0.29, 0.717) is 18.2 Å². The number of benzene rings is 8. The molecule has 4 heteroatoms. The van der Waals surface area contributed by atoms with Gasteiger partial charge in [-0.15, -0.1) is 0 Å². The third-order valence-corrected chi connectivity index (χ3v) is 9.69. The SMILES string of the molecule is C=N/C(=N\C(=N/Cc1ccccc1)c1ccc(-c2ccccc2)c2ccccc12)c1cccc2oc3cc(-c4ccc5ccccc5c4)ccc3c12. The molecule has 0 spiro atoms. The van der Waals surface area contributed by atoms with Crippen molar-refractivity contribution in [2.45, 2.75) is 6.54 Å². The van der Waals surface area contributed by atoms with Crippen LogP contribution in [-0.2, 0) is 6.54 Å². The molecule has 0 amide bonds. The van der Waals surface area contributed by atoms with Gasteiger partial charge in [-0.25, -0.2) is 9.98 Å². The number of nitrogens with zero attached hydrogens (tertiary/aromatic N) is 3. The summed E-state index contributed by atoms with van der Waals surface area (Å²) in [5, 5.41) is 6.56. The zero-order chi connectivity index (χ0) is 34.9. The van der Waals surface area contributed by atoms with E-state index in [4.69, 9.17) is 14.4 Å². The van der Waals surface area contributed by atoms with Crippen LogP contribution in [-0.4, -0.2) is 18.4 Å². The first-order chi connectivity index (χ1) is 25.7. The summed E-state index contributed by atoms with van der Waals surface area (Å²) in [7, 11) is 0. The highest BCUT2D eigenvalue weighted by atomic mass is 16.3. The van der Waals surface area contributed by atoms with Gasteiger partial charge >= 0.3 is 0 Å². The largest absolute Gasteiger partial charge is 0.456 e. The van der Waals surface area contributed by atoms with E-state index in [0.717, 1.165) is 71.7 Å². The first-order valence-corrected chi connectivity index (χ1v) is 17.4. The Bertz CT molecular complexity index is 2830. The van der Waals surface area contributed by atoms with Crippen LogP contribution in [0.5, 0.6) is 0 Å². The molecule has 0 bridgehead atoms. The van der Waals surface area contributed by atoms with Crippen molar-refractivity contribution in [2.75, 3.05) is 0 Å². The second-order valence-electron chi connectivity index (χ2n) is 12.8. The van der Waals surface area contributed by atoms with E-state index >= 15 is 0 Å². The number of fused-ring (bicyclic) bond motifs is 5. The second kappa shape index (κ2) is 13.4. The minimum Gasteiger partial charge on any atom is -0.456 e. The molecular formula is C48H33N3O. The fourth-order valence-electron chi connectivity index (χ4n) is 7.14. The Balaban J connectivity index is 1.19. The molecule has 0 atom stereocenters. The van der Waals surface area contributed by atoms with Crippen LogP contribution in [0.3, 0.4) is 0 Å². The summed E-state index contributed by atoms with van der Waals surface area (Å²) in [6.45, 7) is 4.47. The van der Waals surface area contributed by atoms with E-state index in [9.17, 15) is 0 Å². The highest BCUT2D eigenvalue weighted by Crippen LogP contribution is 2.36. The van der Waals surface area contributed by atoms with Crippen molar-refractivity contribution in [1.29, 1.82) is 0 Å². The third kappa shape index (κ3) is 5.76. The molecule has 9 rings (SSSR count). The maximum absolute atomic E-state index is 6.50. The van der Waals surface area contributed by atoms with Crippen LogP contribution in [0.25, 0.3) is 65.7 Å². The highest BCUT2D eigenvalue weighted by molar-refractivity contribution is 6.23. The van der Waals surface area contributed by atoms with Crippen LogP contribution in [0, 0.1) is 0 Å². The average Bonchev–Trinajstić information content (AvgIpc) is 3.60. The van der Waals surface area contributed by atoms with Gasteiger partial charge in [-0.2, -0.15) is 0 Å². The molecule has 246 valence electrons. The molecule has 0 saturated heterocycles. The van der Waals surface area contributed by atoms with Gasteiger partial charge in [-0.05, 0) is 86.4 Å². The van der Waals surface area contributed by atoms with E-state index in [1.165, 1.54) is 10.8 Å². The van der Waals surface area contributed by atoms with Gasteiger partial charge in [0.25, 0.3) is 0 Å². The average molecular weight is 668 g/mol. The second-order valence-corrected chi connectivity index (χ2v) is 12.8. The zero-order valence-electron chi connectivity index (χ0n) is 28.4. The molecule has 0 fully saturated rings. The Morgan fingerprint density at radius 2 is 1.19 bits per heavy atom. The molecule has 0 radical (unpaired) electrons. The van der Waals surface area contributed by atoms with Crippen molar-refractivity contribution in [3.05, 3.63) is 193 Å². The minimum atomic E-state index is 0.468. The van der Waals surface area contributed by atoms with Crippen molar-refractivity contribution in [1.82, 2.24) is 0 Å². The number of hydrogen-bond donors (Lipinski definition) is 0. The number of hydrogen-bond acceptors (Lipinski definition) is 2.